The summed E-state index contributed by atoms with van der Waals surface area (Å²) < 4.78 is 0. The molecule has 0 saturated carbocycles. The van der Waals surface area contributed by atoms with Gasteiger partial charge in [-0.15, -0.1) is 0 Å². The number of rotatable bonds is 6. The first-order valence-electron chi connectivity index (χ1n) is 8.38. The van der Waals surface area contributed by atoms with Crippen LogP contribution in [0.3, 0.4) is 0 Å². The number of hydrogen-bond acceptors (Lipinski definition) is 3. The van der Waals surface area contributed by atoms with Crippen LogP contribution in [0.2, 0.25) is 0 Å². The first-order chi connectivity index (χ1) is 12.3. The van der Waals surface area contributed by atoms with Gasteiger partial charge in [-0.1, -0.05) is 37.3 Å². The molecule has 0 aliphatic carbocycles. The van der Waals surface area contributed by atoms with Crippen molar-refractivity contribution in [1.29, 1.82) is 0 Å². The van der Waals surface area contributed by atoms with E-state index < -0.39 is 0 Å². The van der Waals surface area contributed by atoms with Crippen LogP contribution in [0, 0.1) is 0 Å². The van der Waals surface area contributed by atoms with Gasteiger partial charge in [0.2, 0.25) is 0 Å². The molecule has 1 aromatic heterocycles. The maximum absolute atomic E-state index is 12.4. The lowest BCUT2D eigenvalue weighted by molar-refractivity contribution is 0.102. The van der Waals surface area contributed by atoms with Crippen LogP contribution in [-0.2, 0) is 13.0 Å². The summed E-state index contributed by atoms with van der Waals surface area (Å²) in [7, 11) is 0. The van der Waals surface area contributed by atoms with Crippen LogP contribution in [0.25, 0.3) is 0 Å². The average molecular weight is 331 g/mol. The molecule has 4 heteroatoms. The number of aryl methyl sites for hydroxylation is 1. The van der Waals surface area contributed by atoms with E-state index in [1.165, 1.54) is 5.56 Å². The average Bonchev–Trinajstić information content (AvgIpc) is 2.67. The fraction of sp³-hybridized carbons (Fsp3) is 0.143. The number of carbonyl (C=O) groups is 1. The summed E-state index contributed by atoms with van der Waals surface area (Å²) in [5, 5.41) is 6.31. The SMILES string of the molecule is CCc1ccccc1NCc1cccc(C(=O)Nc2cccnc2)c1. The Bertz CT molecular complexity index is 847. The third kappa shape index (κ3) is 4.44. The lowest BCUT2D eigenvalue weighted by atomic mass is 10.1. The number of nitrogens with one attached hydrogen (secondary N) is 2. The molecule has 126 valence electrons. The Kier molecular flexibility index (Phi) is 5.42. The molecule has 1 amide bonds. The maximum atomic E-state index is 12.4. The number of hydrogen-bond donors (Lipinski definition) is 2. The van der Waals surface area contributed by atoms with Gasteiger partial charge in [-0.25, -0.2) is 0 Å². The number of nitrogens with zero attached hydrogens (tertiary/aromatic N) is 1. The van der Waals surface area contributed by atoms with Gasteiger partial charge in [-0.2, -0.15) is 0 Å². The van der Waals surface area contributed by atoms with Crippen molar-refractivity contribution in [1.82, 2.24) is 4.98 Å². The van der Waals surface area contributed by atoms with E-state index in [9.17, 15) is 4.79 Å². The van der Waals surface area contributed by atoms with Gasteiger partial charge < -0.3 is 10.6 Å². The van der Waals surface area contributed by atoms with Gasteiger partial charge in [0.25, 0.3) is 5.91 Å². The molecule has 0 saturated heterocycles. The van der Waals surface area contributed by atoms with Crippen molar-refractivity contribution in [2.75, 3.05) is 10.6 Å². The van der Waals surface area contributed by atoms with Crippen molar-refractivity contribution in [3.63, 3.8) is 0 Å². The Morgan fingerprint density at radius 1 is 1.04 bits per heavy atom. The molecule has 0 spiro atoms. The number of carbonyl (C=O) groups excluding carboxylic acids is 1. The number of aromatic nitrogens is 1. The van der Waals surface area contributed by atoms with Gasteiger partial charge in [0, 0.05) is 24.0 Å². The van der Waals surface area contributed by atoms with E-state index in [-0.39, 0.29) is 5.91 Å². The molecule has 2 N–H and O–H groups in total. The molecule has 1 heterocycles. The fourth-order valence-electron chi connectivity index (χ4n) is 2.66. The minimum absolute atomic E-state index is 0.135. The number of amides is 1. The van der Waals surface area contributed by atoms with E-state index in [0.717, 1.165) is 17.7 Å². The third-order valence-corrected chi connectivity index (χ3v) is 3.99. The molecule has 0 fully saturated rings. The molecule has 2 aromatic carbocycles. The number of para-hydroxylation sites is 1. The van der Waals surface area contributed by atoms with E-state index >= 15 is 0 Å². The predicted octanol–water partition coefficient (Wildman–Crippen LogP) is 4.51. The first-order valence-corrected chi connectivity index (χ1v) is 8.38. The molecule has 0 radical (unpaired) electrons. The van der Waals surface area contributed by atoms with Gasteiger partial charge >= 0.3 is 0 Å². The van der Waals surface area contributed by atoms with Crippen LogP contribution in [0.5, 0.6) is 0 Å². The second-order valence-electron chi connectivity index (χ2n) is 5.76. The van der Waals surface area contributed by atoms with Gasteiger partial charge in [0.15, 0.2) is 0 Å². The first kappa shape index (κ1) is 16.7. The minimum Gasteiger partial charge on any atom is -0.381 e. The minimum atomic E-state index is -0.135. The Balaban J connectivity index is 1.68. The van der Waals surface area contributed by atoms with Crippen LogP contribution >= 0.6 is 0 Å². The standard InChI is InChI=1S/C21H21N3O/c1-2-17-8-3-4-11-20(17)23-14-16-7-5-9-18(13-16)21(25)24-19-10-6-12-22-15-19/h3-13,15,23H,2,14H2,1H3,(H,24,25). The van der Waals surface area contributed by atoms with E-state index in [1.54, 1.807) is 18.5 Å². The molecule has 0 bridgehead atoms. The molecule has 3 rings (SSSR count). The van der Waals surface area contributed by atoms with Crippen LogP contribution in [0.4, 0.5) is 11.4 Å². The normalized spacial score (nSPS) is 10.3. The smallest absolute Gasteiger partial charge is 0.255 e. The van der Waals surface area contributed by atoms with E-state index in [2.05, 4.69) is 34.7 Å². The van der Waals surface area contributed by atoms with Crippen molar-refractivity contribution < 1.29 is 4.79 Å². The molecule has 25 heavy (non-hydrogen) atoms. The number of pyridine rings is 1. The monoisotopic (exact) mass is 331 g/mol. The lowest BCUT2D eigenvalue weighted by Crippen LogP contribution is -2.12. The van der Waals surface area contributed by atoms with Crippen molar-refractivity contribution in [2.24, 2.45) is 0 Å². The molecule has 0 aliphatic rings. The van der Waals surface area contributed by atoms with Crippen molar-refractivity contribution in [2.45, 2.75) is 19.9 Å². The maximum Gasteiger partial charge on any atom is 0.255 e. The zero-order valence-corrected chi connectivity index (χ0v) is 14.2. The highest BCUT2D eigenvalue weighted by Gasteiger charge is 2.07. The van der Waals surface area contributed by atoms with Gasteiger partial charge in [0.1, 0.15) is 0 Å². The van der Waals surface area contributed by atoms with E-state index in [1.807, 2.05) is 42.5 Å². The zero-order chi connectivity index (χ0) is 17.5. The molecule has 4 nitrogen and oxygen atoms in total. The summed E-state index contributed by atoms with van der Waals surface area (Å²) in [6.45, 7) is 2.81. The van der Waals surface area contributed by atoms with E-state index in [0.29, 0.717) is 17.8 Å². The van der Waals surface area contributed by atoms with Crippen molar-refractivity contribution >= 4 is 17.3 Å². The Morgan fingerprint density at radius 2 is 1.92 bits per heavy atom. The topological polar surface area (TPSA) is 54.0 Å². The zero-order valence-electron chi connectivity index (χ0n) is 14.2. The highest BCUT2D eigenvalue weighted by atomic mass is 16.1. The van der Waals surface area contributed by atoms with Gasteiger partial charge in [-0.05, 0) is 47.9 Å². The lowest BCUT2D eigenvalue weighted by Gasteiger charge is -2.12. The van der Waals surface area contributed by atoms with Crippen LogP contribution in [-0.4, -0.2) is 10.9 Å². The van der Waals surface area contributed by atoms with Gasteiger partial charge in [-0.3, -0.25) is 9.78 Å². The second kappa shape index (κ2) is 8.11. The Labute approximate surface area is 147 Å². The summed E-state index contributed by atoms with van der Waals surface area (Å²) in [6, 6.07) is 19.5. The fourth-order valence-corrected chi connectivity index (χ4v) is 2.66. The Hall–Kier alpha value is -3.14. The summed E-state index contributed by atoms with van der Waals surface area (Å²) in [4.78, 5) is 16.4. The molecule has 0 aliphatic heterocycles. The highest BCUT2D eigenvalue weighted by Crippen LogP contribution is 2.17. The Morgan fingerprint density at radius 3 is 2.72 bits per heavy atom. The molecule has 0 atom stereocenters. The number of benzene rings is 2. The predicted molar refractivity (Wildman–Crippen MR) is 102 cm³/mol. The molecular weight excluding hydrogens is 310 g/mol. The third-order valence-electron chi connectivity index (χ3n) is 3.99. The van der Waals surface area contributed by atoms with E-state index in [4.69, 9.17) is 0 Å². The summed E-state index contributed by atoms with van der Waals surface area (Å²) in [5.74, 6) is -0.135. The summed E-state index contributed by atoms with van der Waals surface area (Å²) in [6.07, 6.45) is 4.29. The van der Waals surface area contributed by atoms with Gasteiger partial charge in [0.05, 0.1) is 11.9 Å². The summed E-state index contributed by atoms with van der Waals surface area (Å²) in [5.41, 5.74) is 4.80. The van der Waals surface area contributed by atoms with Crippen molar-refractivity contribution in [3.8, 4) is 0 Å². The second-order valence-corrected chi connectivity index (χ2v) is 5.76. The van der Waals surface area contributed by atoms with Crippen LogP contribution < -0.4 is 10.6 Å². The van der Waals surface area contributed by atoms with Crippen LogP contribution in [0.15, 0.2) is 73.1 Å². The molecule has 3 aromatic rings. The largest absolute Gasteiger partial charge is 0.381 e. The van der Waals surface area contributed by atoms with Crippen molar-refractivity contribution in [3.05, 3.63) is 89.7 Å². The summed E-state index contributed by atoms with van der Waals surface area (Å²) >= 11 is 0. The van der Waals surface area contributed by atoms with Crippen LogP contribution in [0.1, 0.15) is 28.4 Å². The quantitative estimate of drug-likeness (QED) is 0.699. The molecular formula is C21H21N3O. The number of anilines is 2. The highest BCUT2D eigenvalue weighted by molar-refractivity contribution is 6.04. The molecule has 0 unspecified atom stereocenters.